The maximum Gasteiger partial charge on any atom is 0.251 e. The van der Waals surface area contributed by atoms with Gasteiger partial charge < -0.3 is 24.3 Å². The number of piperazine rings is 1. The summed E-state index contributed by atoms with van der Waals surface area (Å²) in [5.74, 6) is 2.87. The fourth-order valence-electron chi connectivity index (χ4n) is 3.48. The van der Waals surface area contributed by atoms with Crippen molar-refractivity contribution in [2.75, 3.05) is 39.8 Å². The number of furan rings is 1. The number of carbonyl (C=O) groups is 1. The maximum atomic E-state index is 12.4. The van der Waals surface area contributed by atoms with E-state index in [4.69, 9.17) is 9.15 Å². The van der Waals surface area contributed by atoms with Crippen molar-refractivity contribution in [1.82, 2.24) is 15.1 Å². The van der Waals surface area contributed by atoms with Crippen LogP contribution in [0.5, 0.6) is 0 Å². The summed E-state index contributed by atoms with van der Waals surface area (Å²) in [6.45, 7) is 8.30. The van der Waals surface area contributed by atoms with Crippen molar-refractivity contribution in [2.45, 2.75) is 39.3 Å². The van der Waals surface area contributed by atoms with E-state index in [1.807, 2.05) is 24.8 Å². The molecule has 1 N–H and O–H groups in total. The van der Waals surface area contributed by atoms with Gasteiger partial charge in [-0.25, -0.2) is 0 Å². The third kappa shape index (κ3) is 4.91. The van der Waals surface area contributed by atoms with E-state index in [0.29, 0.717) is 26.2 Å². The van der Waals surface area contributed by atoms with Gasteiger partial charge >= 0.3 is 0 Å². The molecule has 1 aromatic rings. The number of aliphatic imine (C=N–C) groups is 1. The lowest BCUT2D eigenvalue weighted by atomic mass is 10.2. The van der Waals surface area contributed by atoms with Crippen LogP contribution in [0.2, 0.25) is 0 Å². The molecule has 26 heavy (non-hydrogen) atoms. The highest BCUT2D eigenvalue weighted by molar-refractivity contribution is 14.0. The summed E-state index contributed by atoms with van der Waals surface area (Å²) in [4.78, 5) is 20.9. The van der Waals surface area contributed by atoms with Crippen LogP contribution < -0.4 is 5.32 Å². The highest BCUT2D eigenvalue weighted by Gasteiger charge is 2.30. The maximum absolute atomic E-state index is 12.4. The van der Waals surface area contributed by atoms with Gasteiger partial charge in [-0.3, -0.25) is 9.79 Å². The van der Waals surface area contributed by atoms with E-state index in [0.717, 1.165) is 49.0 Å². The number of guanidine groups is 1. The zero-order valence-corrected chi connectivity index (χ0v) is 18.1. The summed E-state index contributed by atoms with van der Waals surface area (Å²) in [6, 6.07) is 2.05. The number of halogens is 1. The number of amides is 1. The SMILES string of the molecule is CN=C(NCc1cc(C)oc1C)N1CCN(C(=O)C2CCCO2)CC1.I. The summed E-state index contributed by atoms with van der Waals surface area (Å²) < 4.78 is 11.1. The Morgan fingerprint density at radius 2 is 1.96 bits per heavy atom. The van der Waals surface area contributed by atoms with Crippen molar-refractivity contribution >= 4 is 35.8 Å². The quantitative estimate of drug-likeness (QED) is 0.410. The molecular formula is C18H29IN4O3. The highest BCUT2D eigenvalue weighted by Crippen LogP contribution is 2.16. The summed E-state index contributed by atoms with van der Waals surface area (Å²) in [7, 11) is 1.79. The topological polar surface area (TPSA) is 70.3 Å². The van der Waals surface area contributed by atoms with Gasteiger partial charge in [0, 0.05) is 51.9 Å². The van der Waals surface area contributed by atoms with Gasteiger partial charge in [-0.2, -0.15) is 0 Å². The first-order valence-corrected chi connectivity index (χ1v) is 9.00. The standard InChI is InChI=1S/C18H28N4O3.HI/c1-13-11-15(14(2)25-13)12-20-18(19-3)22-8-6-21(7-9-22)17(23)16-5-4-10-24-16;/h11,16H,4-10,12H2,1-3H3,(H,19,20);1H. The van der Waals surface area contributed by atoms with Gasteiger partial charge in [0.1, 0.15) is 17.6 Å². The molecule has 2 saturated heterocycles. The number of hydrogen-bond acceptors (Lipinski definition) is 4. The van der Waals surface area contributed by atoms with Crippen molar-refractivity contribution in [3.8, 4) is 0 Å². The highest BCUT2D eigenvalue weighted by atomic mass is 127. The number of nitrogens with one attached hydrogen (secondary N) is 1. The summed E-state index contributed by atoms with van der Waals surface area (Å²) in [5.41, 5.74) is 1.14. The van der Waals surface area contributed by atoms with Gasteiger partial charge in [0.05, 0.1) is 0 Å². The molecule has 2 fully saturated rings. The normalized spacial score (nSPS) is 20.9. The Hall–Kier alpha value is -1.29. The molecular weight excluding hydrogens is 447 g/mol. The van der Waals surface area contributed by atoms with E-state index in [1.165, 1.54) is 0 Å². The second-order valence-electron chi connectivity index (χ2n) is 6.65. The molecule has 8 heteroatoms. The van der Waals surface area contributed by atoms with Crippen LogP contribution in [-0.4, -0.2) is 67.6 Å². The number of nitrogens with zero attached hydrogens (tertiary/aromatic N) is 3. The molecule has 1 amide bonds. The number of rotatable bonds is 3. The Bertz CT molecular complexity index is 632. The monoisotopic (exact) mass is 476 g/mol. The second kappa shape index (κ2) is 9.59. The molecule has 0 bridgehead atoms. The first-order valence-electron chi connectivity index (χ1n) is 9.00. The molecule has 2 aliphatic heterocycles. The molecule has 1 unspecified atom stereocenters. The zero-order chi connectivity index (χ0) is 17.8. The van der Waals surface area contributed by atoms with Crippen molar-refractivity contribution < 1.29 is 13.9 Å². The van der Waals surface area contributed by atoms with Crippen LogP contribution in [0.15, 0.2) is 15.5 Å². The average molecular weight is 476 g/mol. The van der Waals surface area contributed by atoms with E-state index < -0.39 is 0 Å². The minimum Gasteiger partial charge on any atom is -0.466 e. The Kier molecular flexibility index (Phi) is 7.75. The molecule has 0 aromatic carbocycles. The molecule has 146 valence electrons. The van der Waals surface area contributed by atoms with Crippen molar-refractivity contribution in [2.24, 2.45) is 4.99 Å². The lowest BCUT2D eigenvalue weighted by molar-refractivity contribution is -0.142. The van der Waals surface area contributed by atoms with Gasteiger partial charge in [-0.15, -0.1) is 24.0 Å². The Morgan fingerprint density at radius 1 is 1.27 bits per heavy atom. The summed E-state index contributed by atoms with van der Waals surface area (Å²) in [6.07, 6.45) is 1.61. The fraction of sp³-hybridized carbons (Fsp3) is 0.667. The summed E-state index contributed by atoms with van der Waals surface area (Å²) >= 11 is 0. The number of aryl methyl sites for hydroxylation is 2. The van der Waals surface area contributed by atoms with Gasteiger partial charge in [-0.1, -0.05) is 0 Å². The van der Waals surface area contributed by atoms with E-state index in [-0.39, 0.29) is 36.0 Å². The van der Waals surface area contributed by atoms with Crippen LogP contribution in [0, 0.1) is 13.8 Å². The van der Waals surface area contributed by atoms with Crippen LogP contribution in [0.4, 0.5) is 0 Å². The predicted molar refractivity (Wildman–Crippen MR) is 111 cm³/mol. The molecule has 2 aliphatic rings. The zero-order valence-electron chi connectivity index (χ0n) is 15.8. The van der Waals surface area contributed by atoms with Gasteiger partial charge in [0.2, 0.25) is 0 Å². The van der Waals surface area contributed by atoms with E-state index in [2.05, 4.69) is 15.2 Å². The van der Waals surface area contributed by atoms with Crippen LogP contribution in [0.1, 0.15) is 29.9 Å². The number of hydrogen-bond donors (Lipinski definition) is 1. The first kappa shape index (κ1) is 21.0. The Morgan fingerprint density at radius 3 is 2.50 bits per heavy atom. The minimum atomic E-state index is -0.226. The van der Waals surface area contributed by atoms with Crippen LogP contribution in [0.25, 0.3) is 0 Å². The van der Waals surface area contributed by atoms with Crippen molar-refractivity contribution in [3.05, 3.63) is 23.2 Å². The molecule has 0 saturated carbocycles. The second-order valence-corrected chi connectivity index (χ2v) is 6.65. The molecule has 0 aliphatic carbocycles. The Balaban J connectivity index is 0.00000243. The number of ether oxygens (including phenoxy) is 1. The van der Waals surface area contributed by atoms with E-state index in [1.54, 1.807) is 7.05 Å². The first-order chi connectivity index (χ1) is 12.1. The molecule has 0 radical (unpaired) electrons. The minimum absolute atomic E-state index is 0. The van der Waals surface area contributed by atoms with E-state index >= 15 is 0 Å². The summed E-state index contributed by atoms with van der Waals surface area (Å²) in [5, 5.41) is 3.40. The largest absolute Gasteiger partial charge is 0.466 e. The predicted octanol–water partition coefficient (Wildman–Crippen LogP) is 1.91. The Labute approximate surface area is 172 Å². The third-order valence-electron chi connectivity index (χ3n) is 4.89. The average Bonchev–Trinajstić information content (AvgIpc) is 3.25. The fourth-order valence-corrected chi connectivity index (χ4v) is 3.48. The van der Waals surface area contributed by atoms with Crippen molar-refractivity contribution in [3.63, 3.8) is 0 Å². The molecule has 1 aromatic heterocycles. The van der Waals surface area contributed by atoms with Gasteiger partial charge in [0.25, 0.3) is 5.91 Å². The molecule has 3 rings (SSSR count). The van der Waals surface area contributed by atoms with Gasteiger partial charge in [0.15, 0.2) is 5.96 Å². The molecule has 0 spiro atoms. The molecule has 7 nitrogen and oxygen atoms in total. The lowest BCUT2D eigenvalue weighted by Crippen LogP contribution is -2.55. The van der Waals surface area contributed by atoms with Gasteiger partial charge in [-0.05, 0) is 32.8 Å². The van der Waals surface area contributed by atoms with Crippen molar-refractivity contribution in [1.29, 1.82) is 0 Å². The third-order valence-corrected chi connectivity index (χ3v) is 4.89. The van der Waals surface area contributed by atoms with Crippen LogP contribution in [0.3, 0.4) is 0 Å². The van der Waals surface area contributed by atoms with E-state index in [9.17, 15) is 4.79 Å². The van der Waals surface area contributed by atoms with Crippen LogP contribution in [-0.2, 0) is 16.1 Å². The molecule has 1 atom stereocenters. The smallest absolute Gasteiger partial charge is 0.251 e. The van der Waals surface area contributed by atoms with Crippen LogP contribution >= 0.6 is 24.0 Å². The molecule has 3 heterocycles. The number of carbonyl (C=O) groups excluding carboxylic acids is 1. The lowest BCUT2D eigenvalue weighted by Gasteiger charge is -2.37.